The van der Waals surface area contributed by atoms with Gasteiger partial charge in [0.1, 0.15) is 0 Å². The molecule has 1 saturated heterocycles. The summed E-state index contributed by atoms with van der Waals surface area (Å²) in [4.78, 5) is 2.52. The third-order valence-corrected chi connectivity index (χ3v) is 5.26. The van der Waals surface area contributed by atoms with E-state index in [1.165, 1.54) is 12.8 Å². The molecular weight excluding hydrogens is 385 g/mol. The second kappa shape index (κ2) is 9.17. The third-order valence-electron chi connectivity index (χ3n) is 4.23. The summed E-state index contributed by atoms with van der Waals surface area (Å²) >= 11 is 18.8. The maximum absolute atomic E-state index is 6.45. The maximum Gasteiger partial charge on any atom is 0.0641 e. The molecule has 0 spiro atoms. The van der Waals surface area contributed by atoms with Crippen molar-refractivity contribution in [2.75, 3.05) is 26.2 Å². The van der Waals surface area contributed by atoms with Crippen molar-refractivity contribution in [3.8, 4) is 0 Å². The lowest BCUT2D eigenvalue weighted by molar-refractivity contribution is 0.160. The first kappa shape index (κ1) is 20.6. The molecule has 2 fully saturated rings. The van der Waals surface area contributed by atoms with Gasteiger partial charge in [0, 0.05) is 37.2 Å². The van der Waals surface area contributed by atoms with E-state index in [0.29, 0.717) is 21.1 Å². The van der Waals surface area contributed by atoms with Crippen LogP contribution in [0, 0.1) is 5.92 Å². The Balaban J connectivity index is 0.00000121. The minimum atomic E-state index is 0. The first-order valence-electron chi connectivity index (χ1n) is 7.24. The summed E-state index contributed by atoms with van der Waals surface area (Å²) in [6.07, 6.45) is 3.85. The molecule has 2 aliphatic rings. The van der Waals surface area contributed by atoms with Crippen molar-refractivity contribution in [3.63, 3.8) is 0 Å². The second-order valence-electron chi connectivity index (χ2n) is 5.77. The van der Waals surface area contributed by atoms with Crippen LogP contribution in [0.5, 0.6) is 0 Å². The highest BCUT2D eigenvalue weighted by atomic mass is 35.5. The van der Waals surface area contributed by atoms with E-state index in [2.05, 4.69) is 10.2 Å². The van der Waals surface area contributed by atoms with E-state index in [9.17, 15) is 0 Å². The van der Waals surface area contributed by atoms with Crippen LogP contribution in [-0.4, -0.2) is 31.1 Å². The van der Waals surface area contributed by atoms with E-state index in [4.69, 9.17) is 34.8 Å². The molecule has 3 rings (SSSR count). The summed E-state index contributed by atoms with van der Waals surface area (Å²) in [7, 11) is 0. The molecule has 1 aromatic carbocycles. The summed E-state index contributed by atoms with van der Waals surface area (Å²) in [5.74, 6) is 0.837. The SMILES string of the molecule is Cl.Cl.Clc1cc(Cl)c(Cl)c([C@H](CC2CC2)N2CCNCC2)c1. The molecule has 1 aliphatic heterocycles. The Morgan fingerprint density at radius 2 is 1.73 bits per heavy atom. The Hall–Kier alpha value is 0.590. The first-order valence-corrected chi connectivity index (χ1v) is 8.37. The molecule has 0 unspecified atom stereocenters. The Bertz CT molecular complexity index is 487. The first-order chi connectivity index (χ1) is 9.65. The van der Waals surface area contributed by atoms with Gasteiger partial charge in [0.05, 0.1) is 10.0 Å². The van der Waals surface area contributed by atoms with Crippen molar-refractivity contribution in [1.82, 2.24) is 10.2 Å². The van der Waals surface area contributed by atoms with Gasteiger partial charge < -0.3 is 5.32 Å². The predicted octanol–water partition coefficient (Wildman–Crippen LogP) is 5.24. The van der Waals surface area contributed by atoms with E-state index in [1.807, 2.05) is 6.07 Å². The number of halogens is 5. The molecular formula is C15H21Cl5N2. The average Bonchev–Trinajstić information content (AvgIpc) is 3.25. The molecule has 126 valence electrons. The molecule has 0 aromatic heterocycles. The largest absolute Gasteiger partial charge is 0.314 e. The average molecular weight is 407 g/mol. The van der Waals surface area contributed by atoms with Crippen molar-refractivity contribution in [3.05, 3.63) is 32.8 Å². The molecule has 1 aliphatic carbocycles. The standard InChI is InChI=1S/C15H19Cl3N2.2ClH/c16-11-8-12(15(18)13(17)9-11)14(7-10-1-2-10)20-5-3-19-4-6-20;;/h8-10,14,19H,1-7H2;2*1H/t14-;;/m0../s1. The van der Waals surface area contributed by atoms with E-state index in [-0.39, 0.29) is 24.8 Å². The van der Waals surface area contributed by atoms with Gasteiger partial charge in [0.25, 0.3) is 0 Å². The quantitative estimate of drug-likeness (QED) is 0.688. The summed E-state index contributed by atoms with van der Waals surface area (Å²) in [6, 6.07) is 4.06. The Kier molecular flexibility index (Phi) is 8.60. The number of benzene rings is 1. The van der Waals surface area contributed by atoms with Crippen molar-refractivity contribution >= 4 is 59.6 Å². The molecule has 0 bridgehead atoms. The van der Waals surface area contributed by atoms with Gasteiger partial charge >= 0.3 is 0 Å². The van der Waals surface area contributed by atoms with Gasteiger partial charge in [-0.15, -0.1) is 24.8 Å². The molecule has 22 heavy (non-hydrogen) atoms. The van der Waals surface area contributed by atoms with Crippen molar-refractivity contribution in [1.29, 1.82) is 0 Å². The van der Waals surface area contributed by atoms with Crippen LogP contribution in [0.4, 0.5) is 0 Å². The minimum Gasteiger partial charge on any atom is -0.314 e. The highest BCUT2D eigenvalue weighted by Gasteiger charge is 2.32. The molecule has 1 aromatic rings. The predicted molar refractivity (Wildman–Crippen MR) is 100 cm³/mol. The van der Waals surface area contributed by atoms with Crippen LogP contribution in [0.3, 0.4) is 0 Å². The van der Waals surface area contributed by atoms with Gasteiger partial charge in [-0.2, -0.15) is 0 Å². The Morgan fingerprint density at radius 1 is 1.09 bits per heavy atom. The van der Waals surface area contributed by atoms with Crippen LogP contribution in [0.15, 0.2) is 12.1 Å². The van der Waals surface area contributed by atoms with Gasteiger partial charge in [-0.1, -0.05) is 47.6 Å². The fourth-order valence-corrected chi connectivity index (χ4v) is 3.70. The fraction of sp³-hybridized carbons (Fsp3) is 0.600. The lowest BCUT2D eigenvalue weighted by Crippen LogP contribution is -2.45. The van der Waals surface area contributed by atoms with E-state index < -0.39 is 0 Å². The zero-order valence-corrected chi connectivity index (χ0v) is 16.1. The molecule has 1 atom stereocenters. The molecule has 0 radical (unpaired) electrons. The Morgan fingerprint density at radius 3 is 2.32 bits per heavy atom. The van der Waals surface area contributed by atoms with Crippen LogP contribution >= 0.6 is 59.6 Å². The topological polar surface area (TPSA) is 15.3 Å². The molecule has 2 nitrogen and oxygen atoms in total. The summed E-state index contributed by atoms with van der Waals surface area (Å²) in [5, 5.41) is 5.30. The minimum absolute atomic E-state index is 0. The normalized spacial score (nSPS) is 20.0. The summed E-state index contributed by atoms with van der Waals surface area (Å²) < 4.78 is 0. The zero-order valence-electron chi connectivity index (χ0n) is 12.2. The number of hydrogen-bond acceptors (Lipinski definition) is 2. The molecule has 1 saturated carbocycles. The molecule has 7 heteroatoms. The highest BCUT2D eigenvalue weighted by Crippen LogP contribution is 2.43. The molecule has 1 heterocycles. The molecule has 1 N–H and O–H groups in total. The van der Waals surface area contributed by atoms with E-state index in [0.717, 1.165) is 44.1 Å². The Labute approximate surface area is 159 Å². The van der Waals surface area contributed by atoms with Gasteiger partial charge in [0.15, 0.2) is 0 Å². The second-order valence-corrected chi connectivity index (χ2v) is 6.99. The molecule has 0 amide bonds. The van der Waals surface area contributed by atoms with Crippen LogP contribution in [0.1, 0.15) is 30.9 Å². The van der Waals surface area contributed by atoms with Crippen LogP contribution in [0.2, 0.25) is 15.1 Å². The van der Waals surface area contributed by atoms with E-state index in [1.54, 1.807) is 6.07 Å². The summed E-state index contributed by atoms with van der Waals surface area (Å²) in [6.45, 7) is 4.18. The smallest absolute Gasteiger partial charge is 0.0641 e. The van der Waals surface area contributed by atoms with Crippen LogP contribution < -0.4 is 5.32 Å². The van der Waals surface area contributed by atoms with Crippen LogP contribution in [-0.2, 0) is 0 Å². The number of nitrogens with one attached hydrogen (secondary N) is 1. The zero-order chi connectivity index (χ0) is 14.1. The monoisotopic (exact) mass is 404 g/mol. The fourth-order valence-electron chi connectivity index (χ4n) is 2.95. The van der Waals surface area contributed by atoms with Crippen molar-refractivity contribution in [2.45, 2.75) is 25.3 Å². The van der Waals surface area contributed by atoms with Gasteiger partial charge in [-0.05, 0) is 30.0 Å². The number of piperazine rings is 1. The lowest BCUT2D eigenvalue weighted by Gasteiger charge is -2.36. The van der Waals surface area contributed by atoms with E-state index >= 15 is 0 Å². The van der Waals surface area contributed by atoms with Gasteiger partial charge in [-0.25, -0.2) is 0 Å². The maximum atomic E-state index is 6.45. The summed E-state index contributed by atoms with van der Waals surface area (Å²) in [5.41, 5.74) is 1.10. The van der Waals surface area contributed by atoms with Crippen molar-refractivity contribution < 1.29 is 0 Å². The lowest BCUT2D eigenvalue weighted by atomic mass is 9.98. The highest BCUT2D eigenvalue weighted by molar-refractivity contribution is 6.43. The number of rotatable bonds is 4. The number of hydrogen-bond donors (Lipinski definition) is 1. The van der Waals surface area contributed by atoms with Gasteiger partial charge in [0.2, 0.25) is 0 Å². The number of nitrogens with zero attached hydrogens (tertiary/aromatic N) is 1. The van der Waals surface area contributed by atoms with Crippen molar-refractivity contribution in [2.24, 2.45) is 5.92 Å². The third kappa shape index (κ3) is 5.04. The van der Waals surface area contributed by atoms with Crippen LogP contribution in [0.25, 0.3) is 0 Å². The van der Waals surface area contributed by atoms with Gasteiger partial charge in [-0.3, -0.25) is 4.90 Å².